The van der Waals surface area contributed by atoms with Crippen molar-refractivity contribution in [3.05, 3.63) is 70.7 Å². The van der Waals surface area contributed by atoms with E-state index in [0.717, 1.165) is 46.8 Å². The second-order valence-electron chi connectivity index (χ2n) is 6.89. The number of carbonyl (C=O) groups is 1. The number of nitrogens with one attached hydrogen (secondary N) is 1. The summed E-state index contributed by atoms with van der Waals surface area (Å²) in [5, 5.41) is 3.65. The Labute approximate surface area is 168 Å². The molecule has 0 bridgehead atoms. The lowest BCUT2D eigenvalue weighted by atomic mass is 9.95. The molecular weight excluding hydrogens is 372 g/mol. The standard InChI is InChI=1S/C22H22N2O3S/c1-26-17-9-7-16(8-10-17)22(11-12-22)20(25)24-21-23-14-18(28-21)13-15-5-3-4-6-19(15)27-2/h3-10,14H,11-13H2,1-2H3,(H,23,24,25). The van der Waals surface area contributed by atoms with Gasteiger partial charge in [0.1, 0.15) is 11.5 Å². The molecule has 0 spiro atoms. The second kappa shape index (κ2) is 7.64. The number of para-hydroxylation sites is 1. The van der Waals surface area contributed by atoms with Crippen LogP contribution < -0.4 is 14.8 Å². The number of benzene rings is 2. The first-order chi connectivity index (χ1) is 13.6. The third-order valence-electron chi connectivity index (χ3n) is 5.16. The second-order valence-corrected chi connectivity index (χ2v) is 8.00. The van der Waals surface area contributed by atoms with Gasteiger partial charge in [-0.05, 0) is 42.2 Å². The lowest BCUT2D eigenvalue weighted by Crippen LogP contribution is -2.27. The Hall–Kier alpha value is -2.86. The van der Waals surface area contributed by atoms with Crippen LogP contribution in [0.4, 0.5) is 5.13 Å². The lowest BCUT2D eigenvalue weighted by Gasteiger charge is -2.15. The molecule has 1 aliphatic rings. The van der Waals surface area contributed by atoms with Gasteiger partial charge in [-0.3, -0.25) is 4.79 Å². The first-order valence-electron chi connectivity index (χ1n) is 9.17. The van der Waals surface area contributed by atoms with E-state index in [-0.39, 0.29) is 5.91 Å². The predicted molar refractivity (Wildman–Crippen MR) is 110 cm³/mol. The van der Waals surface area contributed by atoms with Gasteiger partial charge in [-0.2, -0.15) is 0 Å². The average molecular weight is 394 g/mol. The van der Waals surface area contributed by atoms with Crippen molar-refractivity contribution in [3.8, 4) is 11.5 Å². The van der Waals surface area contributed by atoms with Crippen LogP contribution in [0.2, 0.25) is 0 Å². The Morgan fingerprint density at radius 2 is 1.86 bits per heavy atom. The van der Waals surface area contributed by atoms with Gasteiger partial charge >= 0.3 is 0 Å². The van der Waals surface area contributed by atoms with Crippen LogP contribution in [-0.4, -0.2) is 25.1 Å². The zero-order valence-electron chi connectivity index (χ0n) is 15.9. The maximum Gasteiger partial charge on any atom is 0.236 e. The fourth-order valence-corrected chi connectivity index (χ4v) is 4.21. The van der Waals surface area contributed by atoms with Gasteiger partial charge in [0.25, 0.3) is 0 Å². The Morgan fingerprint density at radius 3 is 2.54 bits per heavy atom. The van der Waals surface area contributed by atoms with Crippen molar-refractivity contribution in [1.29, 1.82) is 0 Å². The molecule has 4 rings (SSSR count). The van der Waals surface area contributed by atoms with Crippen molar-refractivity contribution < 1.29 is 14.3 Å². The molecule has 28 heavy (non-hydrogen) atoms. The summed E-state index contributed by atoms with van der Waals surface area (Å²) in [6.07, 6.45) is 4.25. The largest absolute Gasteiger partial charge is 0.497 e. The minimum absolute atomic E-state index is 0.0101. The van der Waals surface area contributed by atoms with Gasteiger partial charge in [-0.15, -0.1) is 11.3 Å². The van der Waals surface area contributed by atoms with Crippen molar-refractivity contribution >= 4 is 22.4 Å². The summed E-state index contributed by atoms with van der Waals surface area (Å²) < 4.78 is 10.6. The predicted octanol–water partition coefficient (Wildman–Crippen LogP) is 4.42. The van der Waals surface area contributed by atoms with E-state index >= 15 is 0 Å². The number of hydrogen-bond donors (Lipinski definition) is 1. The third kappa shape index (κ3) is 3.60. The summed E-state index contributed by atoms with van der Waals surface area (Å²) in [6.45, 7) is 0. The minimum Gasteiger partial charge on any atom is -0.497 e. The lowest BCUT2D eigenvalue weighted by molar-refractivity contribution is -0.118. The SMILES string of the molecule is COc1ccc(C2(C(=O)Nc3ncc(Cc4ccccc4OC)s3)CC2)cc1. The van der Waals surface area contributed by atoms with E-state index in [1.165, 1.54) is 11.3 Å². The molecular formula is C22H22N2O3S. The molecule has 1 aliphatic carbocycles. The molecule has 6 heteroatoms. The highest BCUT2D eigenvalue weighted by Gasteiger charge is 2.51. The highest BCUT2D eigenvalue weighted by Crippen LogP contribution is 2.49. The zero-order chi connectivity index (χ0) is 19.6. The van der Waals surface area contributed by atoms with Crippen molar-refractivity contribution in [3.63, 3.8) is 0 Å². The molecule has 1 saturated carbocycles. The number of ether oxygens (including phenoxy) is 2. The van der Waals surface area contributed by atoms with Gasteiger partial charge in [-0.1, -0.05) is 30.3 Å². The number of rotatable bonds is 7. The van der Waals surface area contributed by atoms with E-state index in [1.54, 1.807) is 14.2 Å². The molecule has 0 saturated heterocycles. The molecule has 0 atom stereocenters. The van der Waals surface area contributed by atoms with Crippen LogP contribution in [0, 0.1) is 0 Å². The summed E-state index contributed by atoms with van der Waals surface area (Å²) in [7, 11) is 3.31. The first-order valence-corrected chi connectivity index (χ1v) is 9.99. The van der Waals surface area contributed by atoms with Crippen molar-refractivity contribution in [2.24, 2.45) is 0 Å². The molecule has 1 fully saturated rings. The van der Waals surface area contributed by atoms with E-state index < -0.39 is 5.41 Å². The molecule has 1 N–H and O–H groups in total. The number of thiazole rings is 1. The quantitative estimate of drug-likeness (QED) is 0.644. The fourth-order valence-electron chi connectivity index (χ4n) is 3.38. The number of methoxy groups -OCH3 is 2. The average Bonchev–Trinajstić information content (AvgIpc) is 3.44. The monoisotopic (exact) mass is 394 g/mol. The highest BCUT2D eigenvalue weighted by atomic mass is 32.1. The number of aromatic nitrogens is 1. The minimum atomic E-state index is -0.444. The number of anilines is 1. The summed E-state index contributed by atoms with van der Waals surface area (Å²) in [5.41, 5.74) is 1.68. The van der Waals surface area contributed by atoms with E-state index in [2.05, 4.69) is 10.3 Å². The molecule has 0 unspecified atom stereocenters. The molecule has 1 heterocycles. The number of hydrogen-bond acceptors (Lipinski definition) is 5. The number of amides is 1. The zero-order valence-corrected chi connectivity index (χ0v) is 16.7. The van der Waals surface area contributed by atoms with Crippen LogP contribution in [0.3, 0.4) is 0 Å². The molecule has 1 aromatic heterocycles. The van der Waals surface area contributed by atoms with E-state index in [4.69, 9.17) is 9.47 Å². The maximum atomic E-state index is 12.9. The summed E-state index contributed by atoms with van der Waals surface area (Å²) in [6, 6.07) is 15.7. The first kappa shape index (κ1) is 18.5. The number of carbonyl (C=O) groups excluding carboxylic acids is 1. The van der Waals surface area contributed by atoms with Gasteiger partial charge < -0.3 is 14.8 Å². The topological polar surface area (TPSA) is 60.5 Å². The molecule has 2 aromatic carbocycles. The van der Waals surface area contributed by atoms with Crippen LogP contribution in [-0.2, 0) is 16.6 Å². The van der Waals surface area contributed by atoms with Crippen molar-refractivity contribution in [2.45, 2.75) is 24.7 Å². The smallest absolute Gasteiger partial charge is 0.236 e. The molecule has 1 amide bonds. The van der Waals surface area contributed by atoms with Crippen LogP contribution in [0.5, 0.6) is 11.5 Å². The normalized spacial score (nSPS) is 14.4. The summed E-state index contributed by atoms with van der Waals surface area (Å²) >= 11 is 1.50. The van der Waals surface area contributed by atoms with Gasteiger partial charge in [0.2, 0.25) is 5.91 Å². The fraction of sp³-hybridized carbons (Fsp3) is 0.273. The molecule has 144 valence electrons. The Bertz CT molecular complexity index is 977. The van der Waals surface area contributed by atoms with Crippen molar-refractivity contribution in [2.75, 3.05) is 19.5 Å². The Morgan fingerprint density at radius 1 is 1.11 bits per heavy atom. The maximum absolute atomic E-state index is 12.9. The third-order valence-corrected chi connectivity index (χ3v) is 6.07. The Kier molecular flexibility index (Phi) is 5.05. The van der Waals surface area contributed by atoms with E-state index in [0.29, 0.717) is 5.13 Å². The Balaban J connectivity index is 1.45. The number of nitrogens with zero attached hydrogens (tertiary/aromatic N) is 1. The van der Waals surface area contributed by atoms with Gasteiger partial charge in [0.15, 0.2) is 5.13 Å². The van der Waals surface area contributed by atoms with Crippen molar-refractivity contribution in [1.82, 2.24) is 4.98 Å². The highest BCUT2D eigenvalue weighted by molar-refractivity contribution is 7.15. The molecule has 5 nitrogen and oxygen atoms in total. The molecule has 0 radical (unpaired) electrons. The van der Waals surface area contributed by atoms with E-state index in [9.17, 15) is 4.79 Å². The van der Waals surface area contributed by atoms with Crippen LogP contribution >= 0.6 is 11.3 Å². The van der Waals surface area contributed by atoms with Crippen LogP contribution in [0.1, 0.15) is 28.8 Å². The molecule has 3 aromatic rings. The van der Waals surface area contributed by atoms with Gasteiger partial charge in [0, 0.05) is 17.5 Å². The summed E-state index contributed by atoms with van der Waals surface area (Å²) in [4.78, 5) is 18.4. The van der Waals surface area contributed by atoms with Crippen LogP contribution in [0.15, 0.2) is 54.7 Å². The summed E-state index contributed by atoms with van der Waals surface area (Å²) in [5.74, 6) is 1.66. The van der Waals surface area contributed by atoms with Gasteiger partial charge in [-0.25, -0.2) is 4.98 Å². The van der Waals surface area contributed by atoms with Gasteiger partial charge in [0.05, 0.1) is 19.6 Å². The van der Waals surface area contributed by atoms with Crippen LogP contribution in [0.25, 0.3) is 0 Å². The molecule has 0 aliphatic heterocycles. The van der Waals surface area contributed by atoms with E-state index in [1.807, 2.05) is 54.7 Å².